The molecule has 1 N–H and O–H groups in total. The van der Waals surface area contributed by atoms with E-state index in [4.69, 9.17) is 4.74 Å². The molecule has 2 aromatic heterocycles. The van der Waals surface area contributed by atoms with E-state index in [9.17, 15) is 5.11 Å². The van der Waals surface area contributed by atoms with Crippen molar-refractivity contribution in [2.75, 3.05) is 13.2 Å². The smallest absolute Gasteiger partial charge is 0.159 e. The molecule has 3 heterocycles. The summed E-state index contributed by atoms with van der Waals surface area (Å²) in [5.41, 5.74) is 1.77. The monoisotopic (exact) mass is 259 g/mol. The van der Waals surface area contributed by atoms with E-state index in [1.807, 2.05) is 35.9 Å². The van der Waals surface area contributed by atoms with E-state index in [2.05, 4.69) is 9.97 Å². The van der Waals surface area contributed by atoms with Gasteiger partial charge in [0.15, 0.2) is 5.82 Å². The summed E-state index contributed by atoms with van der Waals surface area (Å²) >= 11 is 0. The van der Waals surface area contributed by atoms with Gasteiger partial charge < -0.3 is 14.4 Å². The van der Waals surface area contributed by atoms with E-state index in [0.29, 0.717) is 19.6 Å². The van der Waals surface area contributed by atoms with Crippen LogP contribution in [0.5, 0.6) is 0 Å². The standard InChI is InChI=1S/C14H17N3O2/c1-10-3-2-4-11(16-10)14-15-6-7-17(14)12-9-19-8-5-13(12)18/h2-4,6-7,12-13,18H,5,8-9H2,1H3/t12-,13-/m1/s1. The molecule has 3 rings (SSSR count). The lowest BCUT2D eigenvalue weighted by molar-refractivity contribution is -0.0285. The zero-order chi connectivity index (χ0) is 13.2. The Hall–Kier alpha value is -1.72. The molecule has 0 radical (unpaired) electrons. The van der Waals surface area contributed by atoms with Crippen LogP contribution in [0.3, 0.4) is 0 Å². The number of ether oxygens (including phenoxy) is 1. The second kappa shape index (κ2) is 5.11. The first kappa shape index (κ1) is 12.3. The van der Waals surface area contributed by atoms with Crippen molar-refractivity contribution in [2.24, 2.45) is 0 Å². The molecule has 2 aromatic rings. The van der Waals surface area contributed by atoms with Crippen LogP contribution < -0.4 is 0 Å². The van der Waals surface area contributed by atoms with Crippen LogP contribution in [0.2, 0.25) is 0 Å². The fourth-order valence-corrected chi connectivity index (χ4v) is 2.42. The summed E-state index contributed by atoms with van der Waals surface area (Å²) in [4.78, 5) is 8.86. The van der Waals surface area contributed by atoms with Crippen molar-refractivity contribution < 1.29 is 9.84 Å². The van der Waals surface area contributed by atoms with Crippen LogP contribution in [0, 0.1) is 6.92 Å². The van der Waals surface area contributed by atoms with Gasteiger partial charge >= 0.3 is 0 Å². The minimum absolute atomic E-state index is 0.0893. The summed E-state index contributed by atoms with van der Waals surface area (Å²) in [5, 5.41) is 10.1. The Morgan fingerprint density at radius 1 is 1.42 bits per heavy atom. The maximum absolute atomic E-state index is 10.1. The number of pyridine rings is 1. The molecule has 100 valence electrons. The second-order valence-corrected chi connectivity index (χ2v) is 4.82. The van der Waals surface area contributed by atoms with Gasteiger partial charge in [-0.2, -0.15) is 0 Å². The van der Waals surface area contributed by atoms with Crippen molar-refractivity contribution in [1.29, 1.82) is 0 Å². The summed E-state index contributed by atoms with van der Waals surface area (Å²) in [7, 11) is 0. The fourth-order valence-electron chi connectivity index (χ4n) is 2.42. The van der Waals surface area contributed by atoms with Crippen molar-refractivity contribution in [3.8, 4) is 11.5 Å². The van der Waals surface area contributed by atoms with Crippen LogP contribution in [0.15, 0.2) is 30.6 Å². The van der Waals surface area contributed by atoms with Crippen molar-refractivity contribution >= 4 is 0 Å². The molecule has 5 nitrogen and oxygen atoms in total. The van der Waals surface area contributed by atoms with Gasteiger partial charge in [-0.25, -0.2) is 9.97 Å². The van der Waals surface area contributed by atoms with Crippen LogP contribution in [0.1, 0.15) is 18.2 Å². The molecule has 1 aliphatic rings. The molecule has 0 aliphatic carbocycles. The second-order valence-electron chi connectivity index (χ2n) is 4.82. The highest BCUT2D eigenvalue weighted by atomic mass is 16.5. The summed E-state index contributed by atoms with van der Waals surface area (Å²) in [6, 6.07) is 5.76. The fraction of sp³-hybridized carbons (Fsp3) is 0.429. The lowest BCUT2D eigenvalue weighted by atomic mass is 10.1. The van der Waals surface area contributed by atoms with E-state index in [1.54, 1.807) is 6.20 Å². The van der Waals surface area contributed by atoms with Crippen molar-refractivity contribution in [3.63, 3.8) is 0 Å². The number of imidazole rings is 1. The Bertz CT molecular complexity index is 567. The number of hydrogen-bond donors (Lipinski definition) is 1. The average molecular weight is 259 g/mol. The average Bonchev–Trinajstić information content (AvgIpc) is 2.88. The molecular weight excluding hydrogens is 242 g/mol. The highest BCUT2D eigenvalue weighted by molar-refractivity contribution is 5.50. The van der Waals surface area contributed by atoms with Crippen LogP contribution in [-0.2, 0) is 4.74 Å². The molecule has 2 atom stereocenters. The Morgan fingerprint density at radius 3 is 3.11 bits per heavy atom. The number of nitrogens with zero attached hydrogens (tertiary/aromatic N) is 3. The van der Waals surface area contributed by atoms with Gasteiger partial charge in [0.05, 0.1) is 18.8 Å². The van der Waals surface area contributed by atoms with Crippen molar-refractivity contribution in [2.45, 2.75) is 25.5 Å². The number of aromatic nitrogens is 3. The number of aryl methyl sites for hydroxylation is 1. The predicted molar refractivity (Wildman–Crippen MR) is 70.7 cm³/mol. The van der Waals surface area contributed by atoms with Crippen molar-refractivity contribution in [3.05, 3.63) is 36.3 Å². The number of hydrogen-bond acceptors (Lipinski definition) is 4. The van der Waals surface area contributed by atoms with Gasteiger partial charge in [-0.15, -0.1) is 0 Å². The molecule has 19 heavy (non-hydrogen) atoms. The largest absolute Gasteiger partial charge is 0.391 e. The van der Waals surface area contributed by atoms with Crippen LogP contribution in [-0.4, -0.2) is 39.0 Å². The summed E-state index contributed by atoms with van der Waals surface area (Å²) in [6.45, 7) is 3.08. The van der Waals surface area contributed by atoms with Crippen LogP contribution in [0.4, 0.5) is 0 Å². The van der Waals surface area contributed by atoms with Gasteiger partial charge in [-0.3, -0.25) is 0 Å². The maximum Gasteiger partial charge on any atom is 0.159 e. The zero-order valence-corrected chi connectivity index (χ0v) is 10.9. The van der Waals surface area contributed by atoms with Gasteiger partial charge in [0.1, 0.15) is 5.69 Å². The van der Waals surface area contributed by atoms with Crippen LogP contribution in [0.25, 0.3) is 11.5 Å². The van der Waals surface area contributed by atoms with Gasteiger partial charge in [0, 0.05) is 24.7 Å². The summed E-state index contributed by atoms with van der Waals surface area (Å²) in [5.74, 6) is 0.776. The topological polar surface area (TPSA) is 60.2 Å². The molecular formula is C14H17N3O2. The Labute approximate surface area is 111 Å². The molecule has 1 aliphatic heterocycles. The molecule has 0 amide bonds. The highest BCUT2D eigenvalue weighted by Crippen LogP contribution is 2.25. The first-order valence-corrected chi connectivity index (χ1v) is 6.48. The Morgan fingerprint density at radius 2 is 2.32 bits per heavy atom. The lowest BCUT2D eigenvalue weighted by Crippen LogP contribution is -2.34. The molecule has 0 aromatic carbocycles. The van der Waals surface area contributed by atoms with Gasteiger partial charge in [0.25, 0.3) is 0 Å². The molecule has 5 heteroatoms. The maximum atomic E-state index is 10.1. The number of rotatable bonds is 2. The Kier molecular flexibility index (Phi) is 3.31. The van der Waals surface area contributed by atoms with E-state index in [0.717, 1.165) is 17.2 Å². The van der Waals surface area contributed by atoms with Gasteiger partial charge in [-0.05, 0) is 25.5 Å². The third kappa shape index (κ3) is 2.39. The molecule has 0 bridgehead atoms. The molecule has 0 saturated carbocycles. The first-order valence-electron chi connectivity index (χ1n) is 6.48. The minimum Gasteiger partial charge on any atom is -0.391 e. The quantitative estimate of drug-likeness (QED) is 0.889. The SMILES string of the molecule is Cc1cccc(-c2nccn2[C@@H]2COCC[C@H]2O)n1. The molecule has 1 saturated heterocycles. The van der Waals surface area contributed by atoms with Gasteiger partial charge in [0.2, 0.25) is 0 Å². The summed E-state index contributed by atoms with van der Waals surface area (Å²) in [6.07, 6.45) is 3.87. The normalized spacial score (nSPS) is 23.5. The van der Waals surface area contributed by atoms with E-state index >= 15 is 0 Å². The summed E-state index contributed by atoms with van der Waals surface area (Å²) < 4.78 is 7.43. The van der Waals surface area contributed by atoms with E-state index in [1.165, 1.54) is 0 Å². The van der Waals surface area contributed by atoms with Gasteiger partial charge in [-0.1, -0.05) is 6.07 Å². The third-order valence-electron chi connectivity index (χ3n) is 3.43. The molecule has 0 unspecified atom stereocenters. The Balaban J connectivity index is 1.98. The number of aliphatic hydroxyl groups excluding tert-OH is 1. The molecule has 1 fully saturated rings. The minimum atomic E-state index is -0.397. The third-order valence-corrected chi connectivity index (χ3v) is 3.43. The number of aliphatic hydroxyl groups is 1. The van der Waals surface area contributed by atoms with E-state index < -0.39 is 6.10 Å². The lowest BCUT2D eigenvalue weighted by Gasteiger charge is -2.29. The predicted octanol–water partition coefficient (Wildman–Crippen LogP) is 1.58. The zero-order valence-electron chi connectivity index (χ0n) is 10.9. The van der Waals surface area contributed by atoms with Crippen LogP contribution >= 0.6 is 0 Å². The van der Waals surface area contributed by atoms with E-state index in [-0.39, 0.29) is 6.04 Å². The van der Waals surface area contributed by atoms with Crippen molar-refractivity contribution in [1.82, 2.24) is 14.5 Å². The first-order chi connectivity index (χ1) is 9.25. The highest BCUT2D eigenvalue weighted by Gasteiger charge is 2.27. The molecule has 0 spiro atoms.